The van der Waals surface area contributed by atoms with Crippen LogP contribution in [0.5, 0.6) is 0 Å². The maximum absolute atomic E-state index is 13.0. The molecular formula is C16H15FN6O. The van der Waals surface area contributed by atoms with Gasteiger partial charge in [-0.15, -0.1) is 10.2 Å². The minimum Gasteiger partial charge on any atom is -0.397 e. The monoisotopic (exact) mass is 326 g/mol. The molecule has 8 heteroatoms. The van der Waals surface area contributed by atoms with Crippen molar-refractivity contribution in [2.24, 2.45) is 13.0 Å². The number of nitrogens with two attached hydrogens (primary N) is 1. The molecule has 0 spiro atoms. The maximum atomic E-state index is 13.0. The number of carbonyl (C=O) groups is 1. The summed E-state index contributed by atoms with van der Waals surface area (Å²) < 4.78 is 14.7. The van der Waals surface area contributed by atoms with Gasteiger partial charge in [0.15, 0.2) is 5.82 Å². The van der Waals surface area contributed by atoms with Crippen LogP contribution >= 0.6 is 0 Å². The summed E-state index contributed by atoms with van der Waals surface area (Å²) in [5.74, 6) is -0.656. The predicted molar refractivity (Wildman–Crippen MR) is 87.8 cm³/mol. The van der Waals surface area contributed by atoms with Crippen LogP contribution in [0.25, 0.3) is 22.0 Å². The second-order valence-corrected chi connectivity index (χ2v) is 5.98. The molecule has 24 heavy (non-hydrogen) atoms. The number of rotatable bonds is 3. The van der Waals surface area contributed by atoms with Gasteiger partial charge in [0.05, 0.1) is 17.8 Å². The SMILES string of the molecule is Cn1cc(-c2cc(N)c3nnc(NC(=O)[C@@H]4C[C@@H]4F)cc3c2)cn1. The van der Waals surface area contributed by atoms with Crippen LogP contribution in [-0.2, 0) is 11.8 Å². The van der Waals surface area contributed by atoms with Crippen molar-refractivity contribution in [3.8, 4) is 11.1 Å². The molecule has 2 atom stereocenters. The third kappa shape index (κ3) is 2.55. The van der Waals surface area contributed by atoms with Crippen LogP contribution in [-0.4, -0.2) is 32.1 Å². The number of amides is 1. The van der Waals surface area contributed by atoms with Crippen molar-refractivity contribution >= 4 is 28.3 Å². The first-order valence-electron chi connectivity index (χ1n) is 7.52. The molecule has 1 aromatic carbocycles. The number of carbonyl (C=O) groups excluding carboxylic acids is 1. The van der Waals surface area contributed by atoms with Gasteiger partial charge in [0.1, 0.15) is 11.7 Å². The van der Waals surface area contributed by atoms with E-state index in [1.54, 1.807) is 16.9 Å². The number of hydrogen-bond donors (Lipinski definition) is 2. The standard InChI is InChI=1S/C16H15FN6O/c1-23-7-10(6-19-23)8-2-9-4-14(20-16(24)11-5-12(11)17)21-22-15(9)13(18)3-8/h2-4,6-7,11-12H,5,18H2,1H3,(H,20,21,24)/t11-,12+/m1/s1. The highest BCUT2D eigenvalue weighted by Crippen LogP contribution is 2.35. The number of aryl methyl sites for hydroxylation is 1. The first kappa shape index (κ1) is 14.6. The molecule has 3 aromatic rings. The van der Waals surface area contributed by atoms with Crippen molar-refractivity contribution in [2.75, 3.05) is 11.1 Å². The zero-order valence-electron chi connectivity index (χ0n) is 12.9. The molecule has 2 heterocycles. The highest BCUT2D eigenvalue weighted by molar-refractivity contribution is 5.98. The molecule has 0 unspecified atom stereocenters. The Kier molecular flexibility index (Phi) is 3.19. The molecule has 1 fully saturated rings. The lowest BCUT2D eigenvalue weighted by molar-refractivity contribution is -0.117. The summed E-state index contributed by atoms with van der Waals surface area (Å²) in [7, 11) is 1.84. The van der Waals surface area contributed by atoms with Crippen LogP contribution in [0.3, 0.4) is 0 Å². The number of halogens is 1. The van der Waals surface area contributed by atoms with Crippen molar-refractivity contribution in [1.82, 2.24) is 20.0 Å². The molecule has 0 saturated heterocycles. The molecular weight excluding hydrogens is 311 g/mol. The van der Waals surface area contributed by atoms with Gasteiger partial charge in [-0.25, -0.2) is 4.39 Å². The highest BCUT2D eigenvalue weighted by Gasteiger charge is 2.43. The Labute approximate surface area is 136 Å². The summed E-state index contributed by atoms with van der Waals surface area (Å²) in [5.41, 5.74) is 8.92. The molecule has 2 aromatic heterocycles. The fourth-order valence-electron chi connectivity index (χ4n) is 2.64. The fraction of sp³-hybridized carbons (Fsp3) is 0.250. The minimum atomic E-state index is -1.05. The third-order valence-corrected chi connectivity index (χ3v) is 4.06. The molecule has 1 saturated carbocycles. The summed E-state index contributed by atoms with van der Waals surface area (Å²) >= 11 is 0. The molecule has 0 aliphatic heterocycles. The van der Waals surface area contributed by atoms with Gasteiger partial charge < -0.3 is 11.1 Å². The number of hydrogen-bond acceptors (Lipinski definition) is 5. The second-order valence-electron chi connectivity index (χ2n) is 5.98. The number of fused-ring (bicyclic) bond motifs is 1. The molecule has 7 nitrogen and oxygen atoms in total. The fourth-order valence-corrected chi connectivity index (χ4v) is 2.64. The van der Waals surface area contributed by atoms with Crippen LogP contribution in [0, 0.1) is 5.92 Å². The van der Waals surface area contributed by atoms with Crippen LogP contribution in [0.15, 0.2) is 30.6 Å². The van der Waals surface area contributed by atoms with Crippen molar-refractivity contribution in [3.05, 3.63) is 30.6 Å². The van der Waals surface area contributed by atoms with Gasteiger partial charge in [-0.1, -0.05) is 0 Å². The van der Waals surface area contributed by atoms with E-state index in [0.29, 0.717) is 11.2 Å². The van der Waals surface area contributed by atoms with Gasteiger partial charge in [0, 0.05) is 24.2 Å². The van der Waals surface area contributed by atoms with E-state index in [1.165, 1.54) is 0 Å². The van der Waals surface area contributed by atoms with Gasteiger partial charge in [-0.05, 0) is 30.2 Å². The van der Waals surface area contributed by atoms with Crippen molar-refractivity contribution in [1.29, 1.82) is 0 Å². The molecule has 4 rings (SSSR count). The number of anilines is 2. The maximum Gasteiger partial charge on any atom is 0.231 e. The number of benzene rings is 1. The highest BCUT2D eigenvalue weighted by atomic mass is 19.1. The Morgan fingerprint density at radius 2 is 2.12 bits per heavy atom. The molecule has 1 amide bonds. The van der Waals surface area contributed by atoms with E-state index < -0.39 is 12.1 Å². The predicted octanol–water partition coefficient (Wildman–Crippen LogP) is 1.91. The van der Waals surface area contributed by atoms with Crippen molar-refractivity contribution in [2.45, 2.75) is 12.6 Å². The Hall–Kier alpha value is -3.03. The van der Waals surface area contributed by atoms with Crippen LogP contribution in [0.2, 0.25) is 0 Å². The molecule has 0 radical (unpaired) electrons. The van der Waals surface area contributed by atoms with E-state index in [2.05, 4.69) is 20.6 Å². The Morgan fingerprint density at radius 3 is 2.79 bits per heavy atom. The third-order valence-electron chi connectivity index (χ3n) is 4.06. The van der Waals surface area contributed by atoms with E-state index in [0.717, 1.165) is 16.5 Å². The van der Waals surface area contributed by atoms with Crippen LogP contribution < -0.4 is 11.1 Å². The van der Waals surface area contributed by atoms with Crippen molar-refractivity contribution in [3.63, 3.8) is 0 Å². The second kappa shape index (κ2) is 5.26. The number of nitrogens with one attached hydrogen (secondary N) is 1. The summed E-state index contributed by atoms with van der Waals surface area (Å²) in [6.07, 6.45) is 2.84. The Bertz CT molecular complexity index is 953. The lowest BCUT2D eigenvalue weighted by atomic mass is 10.1. The van der Waals surface area contributed by atoms with Gasteiger partial charge in [-0.3, -0.25) is 9.48 Å². The topological polar surface area (TPSA) is 98.7 Å². The van der Waals surface area contributed by atoms with E-state index in [1.807, 2.05) is 25.4 Å². The van der Waals surface area contributed by atoms with Crippen LogP contribution in [0.1, 0.15) is 6.42 Å². The zero-order chi connectivity index (χ0) is 16.8. The summed E-state index contributed by atoms with van der Waals surface area (Å²) in [6.45, 7) is 0. The van der Waals surface area contributed by atoms with E-state index in [9.17, 15) is 9.18 Å². The average Bonchev–Trinajstić information content (AvgIpc) is 3.12. The molecule has 1 aliphatic rings. The van der Waals surface area contributed by atoms with E-state index in [-0.39, 0.29) is 18.1 Å². The molecule has 3 N–H and O–H groups in total. The van der Waals surface area contributed by atoms with Gasteiger partial charge in [-0.2, -0.15) is 5.10 Å². The van der Waals surface area contributed by atoms with Gasteiger partial charge >= 0.3 is 0 Å². The zero-order valence-corrected chi connectivity index (χ0v) is 12.9. The minimum absolute atomic E-state index is 0.269. The Balaban J connectivity index is 1.70. The molecule has 122 valence electrons. The summed E-state index contributed by atoms with van der Waals surface area (Å²) in [4.78, 5) is 11.8. The number of alkyl halides is 1. The lowest BCUT2D eigenvalue weighted by Gasteiger charge is -2.07. The summed E-state index contributed by atoms with van der Waals surface area (Å²) in [6, 6.07) is 5.40. The first-order chi connectivity index (χ1) is 11.5. The number of nitrogen functional groups attached to an aromatic ring is 1. The largest absolute Gasteiger partial charge is 0.397 e. The number of nitrogens with zero attached hydrogens (tertiary/aromatic N) is 4. The quantitative estimate of drug-likeness (QED) is 0.716. The first-order valence-corrected chi connectivity index (χ1v) is 7.52. The van der Waals surface area contributed by atoms with Gasteiger partial charge in [0.2, 0.25) is 5.91 Å². The van der Waals surface area contributed by atoms with Gasteiger partial charge in [0.25, 0.3) is 0 Å². The molecule has 0 bridgehead atoms. The normalized spacial score (nSPS) is 19.4. The lowest BCUT2D eigenvalue weighted by Crippen LogP contribution is -2.16. The number of aromatic nitrogens is 4. The van der Waals surface area contributed by atoms with E-state index in [4.69, 9.17) is 5.73 Å². The smallest absolute Gasteiger partial charge is 0.231 e. The van der Waals surface area contributed by atoms with Crippen molar-refractivity contribution < 1.29 is 9.18 Å². The summed E-state index contributed by atoms with van der Waals surface area (Å²) in [5, 5.41) is 15.5. The average molecular weight is 326 g/mol. The Morgan fingerprint density at radius 1 is 1.33 bits per heavy atom. The van der Waals surface area contributed by atoms with Crippen LogP contribution in [0.4, 0.5) is 15.9 Å². The van der Waals surface area contributed by atoms with E-state index >= 15 is 0 Å². The molecule has 1 aliphatic carbocycles.